The van der Waals surface area contributed by atoms with Crippen molar-refractivity contribution in [2.45, 2.75) is 73.4 Å². The average molecular weight is 700 g/mol. The van der Waals surface area contributed by atoms with Gasteiger partial charge in [-0.05, 0) is 38.5 Å². The van der Waals surface area contributed by atoms with Crippen LogP contribution < -0.4 is 0 Å². The predicted molar refractivity (Wildman–Crippen MR) is 115 cm³/mol. The van der Waals surface area contributed by atoms with Crippen molar-refractivity contribution in [3.8, 4) is 0 Å². The molecule has 130 valence electrons. The highest BCUT2D eigenvalue weighted by Gasteiger charge is 2.40. The van der Waals surface area contributed by atoms with Crippen LogP contribution in [-0.4, -0.2) is 39.5 Å². The second-order valence-corrected chi connectivity index (χ2v) is 13.0. The summed E-state index contributed by atoms with van der Waals surface area (Å²) >= 11 is 22.2. The van der Waals surface area contributed by atoms with E-state index in [4.69, 9.17) is 0 Å². The summed E-state index contributed by atoms with van der Waals surface area (Å²) in [5.41, 5.74) is 0. The molecule has 0 aliphatic heterocycles. The monoisotopic (exact) mass is 694 g/mol. The SMILES string of the molecule is O=C(O)C(Br)C1(Br)CCCC(Br)C(Br)CCC(Br)C(Br)CC1. The van der Waals surface area contributed by atoms with Crippen LogP contribution in [-0.2, 0) is 4.79 Å². The molecule has 0 aromatic heterocycles. The number of hydrogen-bond donors (Lipinski definition) is 1. The van der Waals surface area contributed by atoms with Crippen molar-refractivity contribution >= 4 is 102 Å². The fourth-order valence-corrected chi connectivity index (χ4v) is 5.91. The van der Waals surface area contributed by atoms with Gasteiger partial charge in [0, 0.05) is 23.6 Å². The molecule has 0 aromatic carbocycles. The van der Waals surface area contributed by atoms with E-state index in [1.54, 1.807) is 0 Å². The normalized spacial score (nSPS) is 40.3. The molecule has 0 saturated heterocycles. The summed E-state index contributed by atoms with van der Waals surface area (Å²) in [6.45, 7) is 0. The lowest BCUT2D eigenvalue weighted by atomic mass is 9.90. The van der Waals surface area contributed by atoms with E-state index in [0.29, 0.717) is 19.3 Å². The minimum Gasteiger partial charge on any atom is -0.480 e. The zero-order valence-corrected chi connectivity index (χ0v) is 21.5. The maximum Gasteiger partial charge on any atom is 0.318 e. The largest absolute Gasteiger partial charge is 0.480 e. The zero-order valence-electron chi connectivity index (χ0n) is 12.0. The van der Waals surface area contributed by atoms with Crippen LogP contribution in [0.25, 0.3) is 0 Å². The minimum absolute atomic E-state index is 0.339. The molecule has 1 aliphatic rings. The summed E-state index contributed by atoms with van der Waals surface area (Å²) in [6, 6.07) is 0. The number of hydrogen-bond acceptors (Lipinski definition) is 1. The van der Waals surface area contributed by atoms with Gasteiger partial charge < -0.3 is 5.11 Å². The topological polar surface area (TPSA) is 37.3 Å². The molecular weight excluding hydrogens is 680 g/mol. The molecule has 1 fully saturated rings. The van der Waals surface area contributed by atoms with Crippen LogP contribution >= 0.6 is 95.6 Å². The molecule has 2 nitrogen and oxygen atoms in total. The zero-order chi connectivity index (χ0) is 16.9. The van der Waals surface area contributed by atoms with Gasteiger partial charge in [0.25, 0.3) is 0 Å². The molecule has 6 unspecified atom stereocenters. The van der Waals surface area contributed by atoms with Crippen molar-refractivity contribution in [2.75, 3.05) is 0 Å². The first kappa shape index (κ1) is 22.4. The lowest BCUT2D eigenvalue weighted by Crippen LogP contribution is -2.39. The minimum atomic E-state index is -0.806. The van der Waals surface area contributed by atoms with Crippen LogP contribution in [0.5, 0.6) is 0 Å². The third kappa shape index (κ3) is 6.93. The molecular formula is C14H20Br6O2. The molecule has 22 heavy (non-hydrogen) atoms. The van der Waals surface area contributed by atoms with Gasteiger partial charge in [-0.2, -0.15) is 0 Å². The number of carboxylic acids is 1. The third-order valence-electron chi connectivity index (χ3n) is 4.08. The maximum absolute atomic E-state index is 11.4. The van der Waals surface area contributed by atoms with Crippen molar-refractivity contribution in [1.82, 2.24) is 0 Å². The van der Waals surface area contributed by atoms with Gasteiger partial charge in [0.15, 0.2) is 0 Å². The molecule has 0 aromatic rings. The van der Waals surface area contributed by atoms with Crippen LogP contribution in [0.3, 0.4) is 0 Å². The molecule has 0 bridgehead atoms. The fraction of sp³-hybridized carbons (Fsp3) is 0.929. The molecule has 0 heterocycles. The van der Waals surface area contributed by atoms with Crippen molar-refractivity contribution in [3.05, 3.63) is 0 Å². The van der Waals surface area contributed by atoms with E-state index in [2.05, 4.69) is 95.6 Å². The van der Waals surface area contributed by atoms with Gasteiger partial charge >= 0.3 is 5.97 Å². The Morgan fingerprint density at radius 1 is 0.909 bits per heavy atom. The number of rotatable bonds is 2. The van der Waals surface area contributed by atoms with Gasteiger partial charge in [-0.1, -0.05) is 102 Å². The highest BCUT2D eigenvalue weighted by molar-refractivity contribution is 9.13. The van der Waals surface area contributed by atoms with E-state index >= 15 is 0 Å². The van der Waals surface area contributed by atoms with Crippen LogP contribution in [0.2, 0.25) is 0 Å². The highest BCUT2D eigenvalue weighted by atomic mass is 79.9. The second-order valence-electron chi connectivity index (χ2n) is 5.81. The van der Waals surface area contributed by atoms with E-state index in [9.17, 15) is 9.90 Å². The average Bonchev–Trinajstić information content (AvgIpc) is 2.47. The number of alkyl halides is 6. The van der Waals surface area contributed by atoms with Crippen LogP contribution in [0.4, 0.5) is 0 Å². The molecule has 0 radical (unpaired) electrons. The van der Waals surface area contributed by atoms with E-state index in [-0.39, 0.29) is 0 Å². The first-order valence-electron chi connectivity index (χ1n) is 7.29. The van der Waals surface area contributed by atoms with Crippen molar-refractivity contribution < 1.29 is 9.90 Å². The van der Waals surface area contributed by atoms with Gasteiger partial charge in [0.2, 0.25) is 0 Å². The molecule has 6 atom stereocenters. The van der Waals surface area contributed by atoms with Gasteiger partial charge in [-0.15, -0.1) is 0 Å². The Kier molecular flexibility index (Phi) is 10.7. The third-order valence-corrected chi connectivity index (χ3v) is 13.0. The second kappa shape index (κ2) is 10.5. The standard InChI is InChI=1S/C14H20Br6O2/c15-8-2-1-6-14(20,12(19)13(21)22)7-5-11(18)10(17)4-3-9(8)16/h8-12H,1-7H2,(H,21,22). The Morgan fingerprint density at radius 3 is 1.86 bits per heavy atom. The lowest BCUT2D eigenvalue weighted by molar-refractivity contribution is -0.136. The quantitative estimate of drug-likeness (QED) is 0.324. The molecule has 1 rings (SSSR count). The van der Waals surface area contributed by atoms with E-state index < -0.39 is 15.1 Å². The maximum atomic E-state index is 11.4. The summed E-state index contributed by atoms with van der Waals surface area (Å²) in [4.78, 5) is 12.4. The fourth-order valence-electron chi connectivity index (χ4n) is 2.61. The van der Waals surface area contributed by atoms with Gasteiger partial charge in [0.05, 0.1) is 0 Å². The molecule has 1 aliphatic carbocycles. The Balaban J connectivity index is 2.86. The summed E-state index contributed by atoms with van der Waals surface area (Å²) in [5, 5.41) is 9.39. The number of aliphatic carboxylic acids is 1. The Labute approximate surface area is 183 Å². The smallest absolute Gasteiger partial charge is 0.318 e. The summed E-state index contributed by atoms with van der Waals surface area (Å²) in [7, 11) is 0. The number of halogens is 6. The predicted octanol–water partition coefficient (Wildman–Crippen LogP) is 6.77. The Bertz CT molecular complexity index is 369. The first-order chi connectivity index (χ1) is 10.2. The van der Waals surface area contributed by atoms with Crippen LogP contribution in [0, 0.1) is 0 Å². The molecule has 0 spiro atoms. The van der Waals surface area contributed by atoms with E-state index in [0.717, 1.165) is 44.9 Å². The van der Waals surface area contributed by atoms with Crippen molar-refractivity contribution in [3.63, 3.8) is 0 Å². The van der Waals surface area contributed by atoms with Gasteiger partial charge in [-0.25, -0.2) is 0 Å². The highest BCUT2D eigenvalue weighted by Crippen LogP contribution is 2.41. The summed E-state index contributed by atoms with van der Waals surface area (Å²) in [5.74, 6) is -0.806. The van der Waals surface area contributed by atoms with Crippen molar-refractivity contribution in [2.24, 2.45) is 0 Å². The number of carboxylic acid groups (broad SMARTS) is 1. The van der Waals surface area contributed by atoms with E-state index in [1.165, 1.54) is 0 Å². The Morgan fingerprint density at radius 2 is 1.36 bits per heavy atom. The molecule has 0 amide bonds. The number of carbonyl (C=O) groups is 1. The van der Waals surface area contributed by atoms with Crippen molar-refractivity contribution in [1.29, 1.82) is 0 Å². The van der Waals surface area contributed by atoms with Gasteiger partial charge in [0.1, 0.15) is 4.83 Å². The lowest BCUT2D eigenvalue weighted by Gasteiger charge is -2.33. The summed E-state index contributed by atoms with van der Waals surface area (Å²) in [6.07, 6.45) is 6.81. The molecule has 1 N–H and O–H groups in total. The first-order valence-corrected chi connectivity index (χ1v) is 12.7. The van der Waals surface area contributed by atoms with Crippen LogP contribution in [0.15, 0.2) is 0 Å². The van der Waals surface area contributed by atoms with Crippen LogP contribution in [0.1, 0.15) is 44.9 Å². The van der Waals surface area contributed by atoms with Gasteiger partial charge in [-0.3, -0.25) is 4.79 Å². The van der Waals surface area contributed by atoms with E-state index in [1.807, 2.05) is 0 Å². The Hall–Kier alpha value is 2.35. The summed E-state index contributed by atoms with van der Waals surface area (Å²) < 4.78 is -0.411. The molecule has 8 heteroatoms. The molecule has 1 saturated carbocycles.